The van der Waals surface area contributed by atoms with Gasteiger partial charge in [-0.05, 0) is 24.6 Å². The summed E-state index contributed by atoms with van der Waals surface area (Å²) in [5.41, 5.74) is 2.04. The smallest absolute Gasteiger partial charge is 0.161 e. The second-order valence-corrected chi connectivity index (χ2v) is 6.14. The third kappa shape index (κ3) is 3.13. The SMILES string of the molecule is Cc1cncc(NCC(C)(C)c2ccc3c(c2)OCCO3)n1. The van der Waals surface area contributed by atoms with Gasteiger partial charge < -0.3 is 14.8 Å². The molecule has 0 atom stereocenters. The summed E-state index contributed by atoms with van der Waals surface area (Å²) in [7, 11) is 0. The van der Waals surface area contributed by atoms with Crippen molar-refractivity contribution in [3.05, 3.63) is 41.9 Å². The number of rotatable bonds is 4. The Hall–Kier alpha value is -2.30. The van der Waals surface area contributed by atoms with E-state index in [1.165, 1.54) is 5.56 Å². The third-order valence-electron chi connectivity index (χ3n) is 3.79. The number of fused-ring (bicyclic) bond motifs is 1. The van der Waals surface area contributed by atoms with Gasteiger partial charge in [-0.1, -0.05) is 19.9 Å². The Morgan fingerprint density at radius 3 is 2.68 bits per heavy atom. The van der Waals surface area contributed by atoms with Gasteiger partial charge in [0, 0.05) is 18.2 Å². The van der Waals surface area contributed by atoms with E-state index in [0.29, 0.717) is 13.2 Å². The van der Waals surface area contributed by atoms with Gasteiger partial charge in [-0.15, -0.1) is 0 Å². The van der Waals surface area contributed by atoms with Crippen LogP contribution in [0.2, 0.25) is 0 Å². The quantitative estimate of drug-likeness (QED) is 0.940. The highest BCUT2D eigenvalue weighted by Gasteiger charge is 2.23. The molecule has 0 radical (unpaired) electrons. The molecule has 0 unspecified atom stereocenters. The highest BCUT2D eigenvalue weighted by atomic mass is 16.6. The summed E-state index contributed by atoms with van der Waals surface area (Å²) in [5.74, 6) is 2.45. The van der Waals surface area contributed by atoms with E-state index in [9.17, 15) is 0 Å². The molecule has 116 valence electrons. The minimum atomic E-state index is -0.0682. The highest BCUT2D eigenvalue weighted by molar-refractivity contribution is 5.46. The number of hydrogen-bond acceptors (Lipinski definition) is 5. The van der Waals surface area contributed by atoms with Gasteiger partial charge in [-0.25, -0.2) is 4.98 Å². The van der Waals surface area contributed by atoms with Crippen LogP contribution < -0.4 is 14.8 Å². The van der Waals surface area contributed by atoms with Crippen molar-refractivity contribution in [1.82, 2.24) is 9.97 Å². The Morgan fingerprint density at radius 2 is 1.91 bits per heavy atom. The lowest BCUT2D eigenvalue weighted by Gasteiger charge is -2.28. The van der Waals surface area contributed by atoms with Gasteiger partial charge in [0.1, 0.15) is 19.0 Å². The summed E-state index contributed by atoms with van der Waals surface area (Å²) in [6.45, 7) is 8.29. The molecule has 1 N–H and O–H groups in total. The number of ether oxygens (including phenoxy) is 2. The molecule has 2 aromatic rings. The maximum absolute atomic E-state index is 5.67. The number of nitrogens with one attached hydrogen (secondary N) is 1. The lowest BCUT2D eigenvalue weighted by atomic mass is 9.84. The molecule has 0 saturated heterocycles. The van der Waals surface area contributed by atoms with Gasteiger partial charge in [0.05, 0.1) is 11.9 Å². The first-order chi connectivity index (χ1) is 10.5. The molecule has 0 saturated carbocycles. The Labute approximate surface area is 130 Å². The summed E-state index contributed by atoms with van der Waals surface area (Å²) in [5, 5.41) is 3.36. The molecule has 0 bridgehead atoms. The average molecular weight is 299 g/mol. The van der Waals surface area contributed by atoms with Crippen molar-refractivity contribution in [2.45, 2.75) is 26.2 Å². The van der Waals surface area contributed by atoms with Crippen molar-refractivity contribution < 1.29 is 9.47 Å². The molecule has 22 heavy (non-hydrogen) atoms. The van der Waals surface area contributed by atoms with Crippen LogP contribution in [-0.4, -0.2) is 29.7 Å². The molecule has 5 nitrogen and oxygen atoms in total. The first kappa shape index (κ1) is 14.6. The Bertz CT molecular complexity index is 671. The molecule has 2 heterocycles. The van der Waals surface area contributed by atoms with Crippen LogP contribution in [0.5, 0.6) is 11.5 Å². The van der Waals surface area contributed by atoms with E-state index >= 15 is 0 Å². The summed E-state index contributed by atoms with van der Waals surface area (Å²) >= 11 is 0. The molecule has 1 aromatic heterocycles. The Balaban J connectivity index is 1.74. The molecule has 0 fully saturated rings. The van der Waals surface area contributed by atoms with Crippen molar-refractivity contribution >= 4 is 5.82 Å². The number of aryl methyl sites for hydroxylation is 1. The summed E-state index contributed by atoms with van der Waals surface area (Å²) in [6.07, 6.45) is 3.49. The second-order valence-electron chi connectivity index (χ2n) is 6.14. The van der Waals surface area contributed by atoms with Crippen LogP contribution in [0.4, 0.5) is 5.82 Å². The molecule has 0 amide bonds. The van der Waals surface area contributed by atoms with Gasteiger partial charge >= 0.3 is 0 Å². The van der Waals surface area contributed by atoms with Gasteiger partial charge in [0.2, 0.25) is 0 Å². The Morgan fingerprint density at radius 1 is 1.14 bits per heavy atom. The van der Waals surface area contributed by atoms with E-state index in [-0.39, 0.29) is 5.41 Å². The zero-order valence-corrected chi connectivity index (χ0v) is 13.2. The molecule has 3 rings (SSSR count). The number of anilines is 1. The van der Waals surface area contributed by atoms with Crippen LogP contribution in [0.1, 0.15) is 25.1 Å². The van der Waals surface area contributed by atoms with E-state index in [1.807, 2.05) is 13.0 Å². The number of aromatic nitrogens is 2. The molecular weight excluding hydrogens is 278 g/mol. The lowest BCUT2D eigenvalue weighted by molar-refractivity contribution is 0.171. The molecular formula is C17H21N3O2. The van der Waals surface area contributed by atoms with Crippen LogP contribution in [0.25, 0.3) is 0 Å². The largest absolute Gasteiger partial charge is 0.486 e. The standard InChI is InChI=1S/C17H21N3O2/c1-12-9-18-10-16(20-12)19-11-17(2,3)13-4-5-14-15(8-13)22-7-6-21-14/h4-5,8-10H,6-7,11H2,1-3H3,(H,19,20). The van der Waals surface area contributed by atoms with Gasteiger partial charge in [0.15, 0.2) is 11.5 Å². The van der Waals surface area contributed by atoms with Crippen LogP contribution in [0.3, 0.4) is 0 Å². The van der Waals surface area contributed by atoms with Crippen LogP contribution in [-0.2, 0) is 5.41 Å². The van der Waals surface area contributed by atoms with Crippen molar-refractivity contribution in [3.63, 3.8) is 0 Å². The molecule has 1 aliphatic rings. The molecule has 0 aliphatic carbocycles. The Kier molecular flexibility index (Phi) is 3.88. The number of hydrogen-bond donors (Lipinski definition) is 1. The number of nitrogens with zero attached hydrogens (tertiary/aromatic N) is 2. The van der Waals surface area contributed by atoms with Crippen LogP contribution in [0.15, 0.2) is 30.6 Å². The highest BCUT2D eigenvalue weighted by Crippen LogP contribution is 2.35. The first-order valence-electron chi connectivity index (χ1n) is 7.47. The minimum Gasteiger partial charge on any atom is -0.486 e. The van der Waals surface area contributed by atoms with Crippen LogP contribution in [0, 0.1) is 6.92 Å². The van der Waals surface area contributed by atoms with Crippen molar-refractivity contribution in [3.8, 4) is 11.5 Å². The summed E-state index contributed by atoms with van der Waals surface area (Å²) < 4.78 is 11.2. The zero-order valence-electron chi connectivity index (χ0n) is 13.2. The third-order valence-corrected chi connectivity index (χ3v) is 3.79. The summed E-state index contributed by atoms with van der Waals surface area (Å²) in [4.78, 5) is 8.58. The van der Waals surface area contributed by atoms with Gasteiger partial charge in [0.25, 0.3) is 0 Å². The average Bonchev–Trinajstić information content (AvgIpc) is 2.53. The van der Waals surface area contributed by atoms with E-state index in [4.69, 9.17) is 9.47 Å². The maximum Gasteiger partial charge on any atom is 0.161 e. The van der Waals surface area contributed by atoms with E-state index in [0.717, 1.165) is 29.6 Å². The normalized spacial score (nSPS) is 13.8. The molecule has 1 aliphatic heterocycles. The fourth-order valence-corrected chi connectivity index (χ4v) is 2.43. The fraction of sp³-hybridized carbons (Fsp3) is 0.412. The maximum atomic E-state index is 5.67. The molecule has 5 heteroatoms. The van der Waals surface area contributed by atoms with Crippen molar-refractivity contribution in [1.29, 1.82) is 0 Å². The van der Waals surface area contributed by atoms with E-state index in [1.54, 1.807) is 12.4 Å². The van der Waals surface area contributed by atoms with Crippen molar-refractivity contribution in [2.24, 2.45) is 0 Å². The number of benzene rings is 1. The zero-order chi connectivity index (χ0) is 15.6. The van der Waals surface area contributed by atoms with E-state index < -0.39 is 0 Å². The summed E-state index contributed by atoms with van der Waals surface area (Å²) in [6, 6.07) is 6.15. The molecule has 0 spiro atoms. The predicted molar refractivity (Wildman–Crippen MR) is 85.7 cm³/mol. The first-order valence-corrected chi connectivity index (χ1v) is 7.47. The van der Waals surface area contributed by atoms with Gasteiger partial charge in [-0.2, -0.15) is 0 Å². The fourth-order valence-electron chi connectivity index (χ4n) is 2.43. The second kappa shape index (κ2) is 5.83. The van der Waals surface area contributed by atoms with Gasteiger partial charge in [-0.3, -0.25) is 4.98 Å². The van der Waals surface area contributed by atoms with Crippen LogP contribution >= 0.6 is 0 Å². The van der Waals surface area contributed by atoms with E-state index in [2.05, 4.69) is 41.3 Å². The predicted octanol–water partition coefficient (Wildman–Crippen LogP) is 2.95. The molecule has 1 aromatic carbocycles. The minimum absolute atomic E-state index is 0.0682. The monoisotopic (exact) mass is 299 g/mol. The topological polar surface area (TPSA) is 56.3 Å². The lowest BCUT2D eigenvalue weighted by Crippen LogP contribution is -2.28. The van der Waals surface area contributed by atoms with Crippen molar-refractivity contribution in [2.75, 3.05) is 25.1 Å².